The number of hydrogen-bond acceptors (Lipinski definition) is 6. The van der Waals surface area contributed by atoms with Crippen molar-refractivity contribution in [2.45, 2.75) is 24.2 Å². The number of carbonyl (C=O) groups excluding carboxylic acids is 1. The number of nitrogens with zero attached hydrogens (tertiary/aromatic N) is 3. The third-order valence-electron chi connectivity index (χ3n) is 4.80. The molecule has 0 spiro atoms. The molecule has 136 valence electrons. The Hall–Kier alpha value is -2.75. The zero-order valence-electron chi connectivity index (χ0n) is 13.8. The summed E-state index contributed by atoms with van der Waals surface area (Å²) in [4.78, 5) is 21.0. The Kier molecular flexibility index (Phi) is 3.98. The first-order valence-corrected chi connectivity index (χ1v) is 8.30. The number of aromatic nitrogens is 4. The number of fused-ring (bicyclic) bond motifs is 1. The zero-order chi connectivity index (χ0) is 18.3. The van der Waals surface area contributed by atoms with Gasteiger partial charge in [-0.15, -0.1) is 0 Å². The van der Waals surface area contributed by atoms with E-state index in [9.17, 15) is 20.1 Å². The number of β-amino-alcohol motifs (C(OH)–C–C–N with tert-alkyl or cyclic N) is 1. The molecule has 1 aliphatic rings. The largest absolute Gasteiger partial charge is 0.382 e. The van der Waals surface area contributed by atoms with Gasteiger partial charge in [-0.25, -0.2) is 4.98 Å². The van der Waals surface area contributed by atoms with Crippen molar-refractivity contribution in [3.05, 3.63) is 48.0 Å². The highest BCUT2D eigenvalue weighted by Crippen LogP contribution is 2.31. The average Bonchev–Trinajstić information content (AvgIpc) is 3.38. The fraction of sp³-hybridized carbons (Fsp3) is 0.353. The first-order chi connectivity index (χ1) is 12.5. The maximum Gasteiger partial charge on any atom is 0.254 e. The molecule has 9 nitrogen and oxygen atoms in total. The number of imidazole rings is 1. The summed E-state index contributed by atoms with van der Waals surface area (Å²) in [6, 6.07) is 8.83. The van der Waals surface area contributed by atoms with Gasteiger partial charge in [-0.1, -0.05) is 12.1 Å². The van der Waals surface area contributed by atoms with Crippen molar-refractivity contribution in [2.75, 3.05) is 13.1 Å². The Bertz CT molecular complexity index is 891. The zero-order valence-corrected chi connectivity index (χ0v) is 13.8. The number of aromatic amines is 2. The fourth-order valence-corrected chi connectivity index (χ4v) is 3.30. The average molecular weight is 357 g/mol. The molecule has 5 N–H and O–H groups in total. The molecule has 3 unspecified atom stereocenters. The van der Waals surface area contributed by atoms with Gasteiger partial charge in [0, 0.05) is 19.2 Å². The van der Waals surface area contributed by atoms with Gasteiger partial charge in [0.15, 0.2) is 6.10 Å². The van der Waals surface area contributed by atoms with E-state index in [2.05, 4.69) is 20.2 Å². The van der Waals surface area contributed by atoms with Gasteiger partial charge in [0.25, 0.3) is 5.91 Å². The molecule has 0 radical (unpaired) electrons. The number of aliphatic hydroxyl groups is 3. The molecular formula is C17H19N5O4. The van der Waals surface area contributed by atoms with Crippen molar-refractivity contribution in [2.24, 2.45) is 0 Å². The number of nitrogens with one attached hydrogen (secondary N) is 2. The number of rotatable bonds is 4. The molecular weight excluding hydrogens is 338 g/mol. The van der Waals surface area contributed by atoms with Gasteiger partial charge in [-0.05, 0) is 18.2 Å². The van der Waals surface area contributed by atoms with Crippen molar-refractivity contribution < 1.29 is 20.1 Å². The van der Waals surface area contributed by atoms with Gasteiger partial charge in [0.2, 0.25) is 0 Å². The molecule has 3 aromatic rings. The summed E-state index contributed by atoms with van der Waals surface area (Å²) in [5, 5.41) is 37.9. The molecule has 1 aliphatic heterocycles. The summed E-state index contributed by atoms with van der Waals surface area (Å²) in [7, 11) is 0. The van der Waals surface area contributed by atoms with Crippen molar-refractivity contribution >= 4 is 16.9 Å². The highest BCUT2D eigenvalue weighted by Gasteiger charge is 2.43. The molecule has 26 heavy (non-hydrogen) atoms. The van der Waals surface area contributed by atoms with E-state index in [1.54, 1.807) is 24.3 Å². The quantitative estimate of drug-likeness (QED) is 0.438. The van der Waals surface area contributed by atoms with Crippen LogP contribution in [0.15, 0.2) is 36.5 Å². The summed E-state index contributed by atoms with van der Waals surface area (Å²) in [6.45, 7) is 0.274. The minimum absolute atomic E-state index is 0.0118. The molecule has 0 saturated carbocycles. The minimum Gasteiger partial charge on any atom is -0.382 e. The van der Waals surface area contributed by atoms with E-state index in [1.807, 2.05) is 6.07 Å². The monoisotopic (exact) mass is 357 g/mol. The van der Waals surface area contributed by atoms with Crippen LogP contribution in [0, 0.1) is 0 Å². The predicted octanol–water partition coefficient (Wildman–Crippen LogP) is -0.200. The first-order valence-electron chi connectivity index (χ1n) is 8.30. The minimum atomic E-state index is -1.68. The molecule has 0 bridgehead atoms. The number of H-pyrrole nitrogens is 2. The fourth-order valence-electron chi connectivity index (χ4n) is 3.30. The van der Waals surface area contributed by atoms with Crippen LogP contribution in [-0.2, 0) is 10.4 Å². The summed E-state index contributed by atoms with van der Waals surface area (Å²) in [5.74, 6) is -0.538. The molecule has 0 aliphatic carbocycles. The van der Waals surface area contributed by atoms with Crippen LogP contribution in [0.5, 0.6) is 0 Å². The highest BCUT2D eigenvalue weighted by atomic mass is 16.3. The Labute approximate surface area is 148 Å². The summed E-state index contributed by atoms with van der Waals surface area (Å²) in [6.07, 6.45) is -1.33. The SMILES string of the molecule is O=C(C(O)C(O)c1nc2ccccc2[nH]1)N1CCC(O)(c2ccn[nH]2)C1. The van der Waals surface area contributed by atoms with E-state index in [4.69, 9.17) is 0 Å². The Morgan fingerprint density at radius 1 is 1.27 bits per heavy atom. The normalized spacial score (nSPS) is 22.7. The van der Waals surface area contributed by atoms with Crippen molar-refractivity contribution in [1.29, 1.82) is 0 Å². The first kappa shape index (κ1) is 16.7. The lowest BCUT2D eigenvalue weighted by atomic mass is 9.99. The topological polar surface area (TPSA) is 138 Å². The second kappa shape index (κ2) is 6.20. The van der Waals surface area contributed by atoms with Crippen LogP contribution in [0.4, 0.5) is 0 Å². The second-order valence-electron chi connectivity index (χ2n) is 6.54. The number of aliphatic hydroxyl groups excluding tert-OH is 2. The smallest absolute Gasteiger partial charge is 0.254 e. The maximum absolute atomic E-state index is 12.6. The Balaban J connectivity index is 1.49. The van der Waals surface area contributed by atoms with Crippen LogP contribution in [0.1, 0.15) is 24.0 Å². The van der Waals surface area contributed by atoms with Crippen molar-refractivity contribution in [3.63, 3.8) is 0 Å². The van der Waals surface area contributed by atoms with Gasteiger partial charge < -0.3 is 25.2 Å². The second-order valence-corrected chi connectivity index (χ2v) is 6.54. The number of amides is 1. The molecule has 1 amide bonds. The van der Waals surface area contributed by atoms with E-state index in [1.165, 1.54) is 11.1 Å². The Morgan fingerprint density at radius 3 is 2.81 bits per heavy atom. The standard InChI is InChI=1S/C17H19N5O4/c23-13(15-19-10-3-1-2-4-11(10)20-15)14(24)16(25)22-8-6-17(26,9-22)12-5-7-18-21-12/h1-5,7,13-14,23-24,26H,6,8-9H2,(H,18,21)(H,19,20). The number of hydrogen-bond donors (Lipinski definition) is 5. The number of carbonyl (C=O) groups is 1. The maximum atomic E-state index is 12.6. The van der Waals surface area contributed by atoms with Crippen LogP contribution >= 0.6 is 0 Å². The van der Waals surface area contributed by atoms with E-state index < -0.39 is 23.7 Å². The lowest BCUT2D eigenvalue weighted by Gasteiger charge is -2.25. The molecule has 1 saturated heterocycles. The van der Waals surface area contributed by atoms with E-state index in [0.717, 1.165) is 0 Å². The van der Waals surface area contributed by atoms with Gasteiger partial charge in [-0.2, -0.15) is 5.10 Å². The molecule has 4 rings (SSSR count). The molecule has 3 heterocycles. The lowest BCUT2D eigenvalue weighted by Crippen LogP contribution is -2.43. The van der Waals surface area contributed by atoms with Crippen LogP contribution < -0.4 is 0 Å². The third kappa shape index (κ3) is 2.75. The molecule has 9 heteroatoms. The lowest BCUT2D eigenvalue weighted by molar-refractivity contribution is -0.146. The third-order valence-corrected chi connectivity index (χ3v) is 4.80. The predicted molar refractivity (Wildman–Crippen MR) is 90.7 cm³/mol. The summed E-state index contributed by atoms with van der Waals surface area (Å²) in [5.41, 5.74) is 0.614. The molecule has 1 fully saturated rings. The number of likely N-dealkylation sites (tertiary alicyclic amines) is 1. The van der Waals surface area contributed by atoms with Crippen LogP contribution in [-0.4, -0.2) is 65.5 Å². The number of benzene rings is 1. The Morgan fingerprint density at radius 2 is 2.08 bits per heavy atom. The molecule has 3 atom stereocenters. The number of para-hydroxylation sites is 2. The molecule has 2 aromatic heterocycles. The summed E-state index contributed by atoms with van der Waals surface area (Å²) >= 11 is 0. The molecule has 1 aromatic carbocycles. The van der Waals surface area contributed by atoms with Gasteiger partial charge >= 0.3 is 0 Å². The highest BCUT2D eigenvalue weighted by molar-refractivity contribution is 5.82. The van der Waals surface area contributed by atoms with Crippen molar-refractivity contribution in [3.8, 4) is 0 Å². The van der Waals surface area contributed by atoms with E-state index in [-0.39, 0.29) is 18.9 Å². The summed E-state index contributed by atoms with van der Waals surface area (Å²) < 4.78 is 0. The van der Waals surface area contributed by atoms with Crippen molar-refractivity contribution in [1.82, 2.24) is 25.1 Å². The van der Waals surface area contributed by atoms with Gasteiger partial charge in [-0.3, -0.25) is 9.89 Å². The van der Waals surface area contributed by atoms with Crippen LogP contribution in [0.25, 0.3) is 11.0 Å². The van der Waals surface area contributed by atoms with Gasteiger partial charge in [0.05, 0.1) is 23.3 Å². The van der Waals surface area contributed by atoms with E-state index in [0.29, 0.717) is 23.1 Å². The van der Waals surface area contributed by atoms with Gasteiger partial charge in [0.1, 0.15) is 17.5 Å². The van der Waals surface area contributed by atoms with Crippen LogP contribution in [0.3, 0.4) is 0 Å². The van der Waals surface area contributed by atoms with Crippen LogP contribution in [0.2, 0.25) is 0 Å². The van der Waals surface area contributed by atoms with E-state index >= 15 is 0 Å².